The zero-order chi connectivity index (χ0) is 33.4. The number of allylic oxidation sites excluding steroid dienone is 16. The molecule has 0 saturated carbocycles. The average Bonchev–Trinajstić information content (AvgIpc) is 3.06. The molecule has 0 N–H and O–H groups in total. The zero-order valence-electron chi connectivity index (χ0n) is 29.4. The Kier molecular flexibility index (Phi) is 35.4. The second-order valence-electron chi connectivity index (χ2n) is 11.4. The normalized spacial score (nSPS) is 12.7. The smallest absolute Gasteiger partial charge is 0.305 e. The first-order valence-electron chi connectivity index (χ1n) is 18.2. The highest BCUT2D eigenvalue weighted by Crippen LogP contribution is 2.04. The summed E-state index contributed by atoms with van der Waals surface area (Å²) in [5.41, 5.74) is 0. The fraction of sp³-hybridized carbons (Fsp3) is 0.571. The van der Waals surface area contributed by atoms with Gasteiger partial charge in [-0.1, -0.05) is 137 Å². The lowest BCUT2D eigenvalue weighted by molar-refractivity contribution is -0.152. The number of rotatable bonds is 31. The number of ether oxygens (including phenoxy) is 2. The predicted octanol–water partition coefficient (Wildman–Crippen LogP) is 12.4. The fourth-order valence-corrected chi connectivity index (χ4v) is 4.31. The molecule has 0 aromatic carbocycles. The van der Waals surface area contributed by atoms with E-state index in [9.17, 15) is 9.59 Å². The topological polar surface area (TPSA) is 52.6 Å². The van der Waals surface area contributed by atoms with Gasteiger partial charge in [0.25, 0.3) is 0 Å². The van der Waals surface area contributed by atoms with Crippen LogP contribution in [-0.4, -0.2) is 25.2 Å². The number of carbonyl (C=O) groups excluding carboxylic acids is 2. The Morgan fingerprint density at radius 1 is 0.370 bits per heavy atom. The molecule has 0 aliphatic rings. The summed E-state index contributed by atoms with van der Waals surface area (Å²) in [4.78, 5) is 23.7. The van der Waals surface area contributed by atoms with Crippen molar-refractivity contribution in [2.24, 2.45) is 0 Å². The van der Waals surface area contributed by atoms with Crippen molar-refractivity contribution in [1.82, 2.24) is 0 Å². The first-order valence-corrected chi connectivity index (χ1v) is 18.2. The van der Waals surface area contributed by atoms with Crippen molar-refractivity contribution in [3.8, 4) is 0 Å². The quantitative estimate of drug-likeness (QED) is 0.0432. The maximum atomic E-state index is 11.9. The van der Waals surface area contributed by atoms with Crippen LogP contribution in [0.25, 0.3) is 0 Å². The monoisotopic (exact) mass is 634 g/mol. The van der Waals surface area contributed by atoms with Crippen molar-refractivity contribution in [1.29, 1.82) is 0 Å². The minimum absolute atomic E-state index is 0.117. The van der Waals surface area contributed by atoms with Crippen molar-refractivity contribution in [2.75, 3.05) is 13.2 Å². The molecule has 4 nitrogen and oxygen atoms in total. The van der Waals surface area contributed by atoms with E-state index in [4.69, 9.17) is 9.47 Å². The molecule has 0 atom stereocenters. The van der Waals surface area contributed by atoms with E-state index < -0.39 is 0 Å². The summed E-state index contributed by atoms with van der Waals surface area (Å²) in [6, 6.07) is 0. The summed E-state index contributed by atoms with van der Waals surface area (Å²) in [5.74, 6) is -0.486. The number of hydrogen-bond donors (Lipinski definition) is 0. The van der Waals surface area contributed by atoms with Gasteiger partial charge in [-0.05, 0) is 89.9 Å². The van der Waals surface area contributed by atoms with Gasteiger partial charge in [0.15, 0.2) is 0 Å². The Bertz CT molecular complexity index is 853. The van der Waals surface area contributed by atoms with Gasteiger partial charge in [-0.15, -0.1) is 0 Å². The molecule has 0 aliphatic heterocycles. The Hall–Kier alpha value is -3.14. The van der Waals surface area contributed by atoms with E-state index in [1.807, 2.05) is 0 Å². The maximum absolute atomic E-state index is 11.9. The molecule has 0 aromatic rings. The summed E-state index contributed by atoms with van der Waals surface area (Å²) in [5, 5.41) is 0. The number of esters is 2. The van der Waals surface area contributed by atoms with E-state index >= 15 is 0 Å². The largest absolute Gasteiger partial charge is 0.462 e. The van der Waals surface area contributed by atoms with Gasteiger partial charge in [-0.25, -0.2) is 0 Å². The lowest BCUT2D eigenvalue weighted by atomic mass is 10.2. The van der Waals surface area contributed by atoms with Gasteiger partial charge in [0.05, 0.1) is 0 Å². The molecule has 0 fully saturated rings. The maximum Gasteiger partial charge on any atom is 0.305 e. The Morgan fingerprint density at radius 2 is 0.630 bits per heavy atom. The standard InChI is InChI=1S/C42H66O4/c1-3-5-7-9-11-13-15-17-19-21-23-25-27-29-31-33-35-37-41(43)45-39-40-46-42(44)38-36-34-32-30-28-26-24-22-20-18-16-14-12-10-8-6-4-2/h11-14,17-20,23-26,29-32H,3-10,15-16,21-22,27-28,33-40H2,1-2H3/b13-11-,14-12-,19-17-,20-18-,25-23-,26-24-,31-29-,32-30-. The molecule has 0 heterocycles. The zero-order valence-corrected chi connectivity index (χ0v) is 29.4. The number of carbonyl (C=O) groups is 2. The third kappa shape index (κ3) is 37.0. The van der Waals surface area contributed by atoms with Gasteiger partial charge >= 0.3 is 11.9 Å². The molecule has 0 unspecified atom stereocenters. The molecule has 0 radical (unpaired) electrons. The van der Waals surface area contributed by atoms with E-state index in [1.165, 1.54) is 51.4 Å². The van der Waals surface area contributed by atoms with Gasteiger partial charge in [-0.3, -0.25) is 9.59 Å². The number of hydrogen-bond acceptors (Lipinski definition) is 4. The highest BCUT2D eigenvalue weighted by molar-refractivity contribution is 5.70. The lowest BCUT2D eigenvalue weighted by Gasteiger charge is -2.06. The minimum atomic E-state index is -0.243. The first kappa shape index (κ1) is 42.9. The molecule has 0 aliphatic carbocycles. The van der Waals surface area contributed by atoms with Gasteiger partial charge in [0.2, 0.25) is 0 Å². The summed E-state index contributed by atoms with van der Waals surface area (Å²) in [6.07, 6.45) is 55.0. The Labute approximate surface area is 283 Å². The van der Waals surface area contributed by atoms with Crippen LogP contribution in [0, 0.1) is 0 Å². The molecule has 0 saturated heterocycles. The van der Waals surface area contributed by atoms with Crippen LogP contribution in [0.1, 0.15) is 142 Å². The Morgan fingerprint density at radius 3 is 0.913 bits per heavy atom. The van der Waals surface area contributed by atoms with E-state index in [-0.39, 0.29) is 25.2 Å². The molecule has 258 valence electrons. The highest BCUT2D eigenvalue weighted by atomic mass is 16.6. The van der Waals surface area contributed by atoms with Gasteiger partial charge in [-0.2, -0.15) is 0 Å². The van der Waals surface area contributed by atoms with Crippen LogP contribution in [0.4, 0.5) is 0 Å². The van der Waals surface area contributed by atoms with Crippen molar-refractivity contribution in [3.05, 3.63) is 97.2 Å². The van der Waals surface area contributed by atoms with Crippen LogP contribution < -0.4 is 0 Å². The SMILES string of the molecule is CCCCC/C=C\C/C=C\C/C=C\C/C=C\CCCC(=O)OCCOC(=O)CCC/C=C\C/C=C\C/C=C\C/C=C\CCCCC. The summed E-state index contributed by atoms with van der Waals surface area (Å²) < 4.78 is 10.3. The van der Waals surface area contributed by atoms with Crippen molar-refractivity contribution in [3.63, 3.8) is 0 Å². The summed E-state index contributed by atoms with van der Waals surface area (Å²) >= 11 is 0. The van der Waals surface area contributed by atoms with Crippen LogP contribution in [0.3, 0.4) is 0 Å². The van der Waals surface area contributed by atoms with Gasteiger partial charge < -0.3 is 9.47 Å². The third-order valence-electron chi connectivity index (χ3n) is 7.03. The van der Waals surface area contributed by atoms with E-state index in [2.05, 4.69) is 111 Å². The second kappa shape index (κ2) is 38.0. The van der Waals surface area contributed by atoms with Gasteiger partial charge in [0.1, 0.15) is 13.2 Å². The van der Waals surface area contributed by atoms with Crippen molar-refractivity contribution in [2.45, 2.75) is 142 Å². The first-order chi connectivity index (χ1) is 22.7. The van der Waals surface area contributed by atoms with Crippen LogP contribution in [0.2, 0.25) is 0 Å². The molecule has 46 heavy (non-hydrogen) atoms. The molecule has 0 spiro atoms. The van der Waals surface area contributed by atoms with Gasteiger partial charge in [0, 0.05) is 12.8 Å². The third-order valence-corrected chi connectivity index (χ3v) is 7.03. The Balaban J connectivity index is 3.58. The average molecular weight is 635 g/mol. The molecule has 0 aromatic heterocycles. The van der Waals surface area contributed by atoms with E-state index in [1.54, 1.807) is 0 Å². The number of unbranched alkanes of at least 4 members (excludes halogenated alkanes) is 8. The predicted molar refractivity (Wildman–Crippen MR) is 199 cm³/mol. The molecule has 0 rings (SSSR count). The molecule has 0 amide bonds. The fourth-order valence-electron chi connectivity index (χ4n) is 4.31. The van der Waals surface area contributed by atoms with Crippen molar-refractivity contribution >= 4 is 11.9 Å². The van der Waals surface area contributed by atoms with Crippen LogP contribution in [0.5, 0.6) is 0 Å². The second-order valence-corrected chi connectivity index (χ2v) is 11.4. The molecular weight excluding hydrogens is 568 g/mol. The molecule has 0 bridgehead atoms. The molecular formula is C42H66O4. The van der Waals surface area contributed by atoms with Crippen LogP contribution >= 0.6 is 0 Å². The van der Waals surface area contributed by atoms with Crippen LogP contribution in [0.15, 0.2) is 97.2 Å². The summed E-state index contributed by atoms with van der Waals surface area (Å²) in [6.45, 7) is 4.70. The van der Waals surface area contributed by atoms with Crippen LogP contribution in [-0.2, 0) is 19.1 Å². The van der Waals surface area contributed by atoms with Crippen molar-refractivity contribution < 1.29 is 19.1 Å². The minimum Gasteiger partial charge on any atom is -0.462 e. The summed E-state index contributed by atoms with van der Waals surface area (Å²) in [7, 11) is 0. The van der Waals surface area contributed by atoms with E-state index in [0.717, 1.165) is 64.2 Å². The highest BCUT2D eigenvalue weighted by Gasteiger charge is 2.04. The lowest BCUT2D eigenvalue weighted by Crippen LogP contribution is -2.13. The van der Waals surface area contributed by atoms with E-state index in [0.29, 0.717) is 12.8 Å². The molecule has 4 heteroatoms.